The average molecular weight is 155 g/mol. The normalized spacial score (nSPS) is 35.5. The first-order valence-electron chi connectivity index (χ1n) is 4.56. The zero-order valence-electron chi connectivity index (χ0n) is 7.38. The highest BCUT2D eigenvalue weighted by Gasteiger charge is 2.54. The van der Waals surface area contributed by atoms with Crippen LogP contribution in [0.3, 0.4) is 0 Å². The zero-order valence-corrected chi connectivity index (χ0v) is 7.38. The maximum absolute atomic E-state index is 9.70. The Labute approximate surface area is 68.2 Å². The van der Waals surface area contributed by atoms with Crippen molar-refractivity contribution in [2.24, 2.45) is 5.41 Å². The molecule has 0 amide bonds. The van der Waals surface area contributed by atoms with E-state index in [0.717, 1.165) is 13.1 Å². The Balaban J connectivity index is 2.01. The van der Waals surface area contributed by atoms with Gasteiger partial charge in [0.15, 0.2) is 0 Å². The van der Waals surface area contributed by atoms with E-state index in [9.17, 15) is 5.11 Å². The first-order valence-corrected chi connectivity index (χ1v) is 4.56. The minimum atomic E-state index is -0.0371. The van der Waals surface area contributed by atoms with E-state index >= 15 is 0 Å². The van der Waals surface area contributed by atoms with E-state index in [1.165, 1.54) is 12.8 Å². The smallest absolute Gasteiger partial charge is 0.0735 e. The number of rotatable bonds is 1. The molecule has 0 aromatic heterocycles. The van der Waals surface area contributed by atoms with Crippen molar-refractivity contribution < 1.29 is 5.11 Å². The molecule has 0 radical (unpaired) electrons. The van der Waals surface area contributed by atoms with Crippen LogP contribution in [0.15, 0.2) is 0 Å². The summed E-state index contributed by atoms with van der Waals surface area (Å²) < 4.78 is 0. The molecule has 1 aliphatic heterocycles. The van der Waals surface area contributed by atoms with Crippen molar-refractivity contribution >= 4 is 0 Å². The van der Waals surface area contributed by atoms with E-state index in [4.69, 9.17) is 0 Å². The molecule has 64 valence electrons. The Bertz CT molecular complexity index is 163. The van der Waals surface area contributed by atoms with Gasteiger partial charge in [-0.1, -0.05) is 0 Å². The number of nitrogens with zero attached hydrogens (tertiary/aromatic N) is 1. The standard InChI is InChI=1S/C9H17NO/c1-7(2)10-5-8(11)9(6-10)3-4-9/h7-8,11H,3-6H2,1-2H3. The van der Waals surface area contributed by atoms with Gasteiger partial charge in [0.25, 0.3) is 0 Å². The first-order chi connectivity index (χ1) is 5.14. The lowest BCUT2D eigenvalue weighted by Crippen LogP contribution is -2.29. The Morgan fingerprint density at radius 1 is 1.45 bits per heavy atom. The van der Waals surface area contributed by atoms with Crippen LogP contribution in [0.5, 0.6) is 0 Å². The van der Waals surface area contributed by atoms with Crippen LogP contribution in [0.1, 0.15) is 26.7 Å². The maximum Gasteiger partial charge on any atom is 0.0735 e. The van der Waals surface area contributed by atoms with Crippen LogP contribution >= 0.6 is 0 Å². The van der Waals surface area contributed by atoms with E-state index in [2.05, 4.69) is 18.7 Å². The lowest BCUT2D eigenvalue weighted by Gasteiger charge is -2.19. The molecule has 0 aromatic rings. The number of hydrogen-bond donors (Lipinski definition) is 1. The topological polar surface area (TPSA) is 23.5 Å². The van der Waals surface area contributed by atoms with Crippen molar-refractivity contribution in [2.75, 3.05) is 13.1 Å². The van der Waals surface area contributed by atoms with Gasteiger partial charge in [-0.3, -0.25) is 4.90 Å². The maximum atomic E-state index is 9.70. The molecule has 1 unspecified atom stereocenters. The van der Waals surface area contributed by atoms with Gasteiger partial charge in [-0.15, -0.1) is 0 Å². The Hall–Kier alpha value is -0.0800. The van der Waals surface area contributed by atoms with Crippen LogP contribution in [0.25, 0.3) is 0 Å². The van der Waals surface area contributed by atoms with Crippen molar-refractivity contribution in [3.8, 4) is 0 Å². The van der Waals surface area contributed by atoms with Gasteiger partial charge < -0.3 is 5.11 Å². The van der Waals surface area contributed by atoms with Crippen LogP contribution < -0.4 is 0 Å². The second-order valence-electron chi connectivity index (χ2n) is 4.40. The molecule has 1 aliphatic carbocycles. The van der Waals surface area contributed by atoms with Gasteiger partial charge in [-0.05, 0) is 26.7 Å². The fourth-order valence-electron chi connectivity index (χ4n) is 2.04. The van der Waals surface area contributed by atoms with Gasteiger partial charge in [0.05, 0.1) is 6.10 Å². The second-order valence-corrected chi connectivity index (χ2v) is 4.40. The Kier molecular flexibility index (Phi) is 1.52. The molecule has 1 spiro atoms. The van der Waals surface area contributed by atoms with Gasteiger partial charge in [-0.25, -0.2) is 0 Å². The van der Waals surface area contributed by atoms with E-state index in [0.29, 0.717) is 11.5 Å². The van der Waals surface area contributed by atoms with Gasteiger partial charge >= 0.3 is 0 Å². The minimum Gasteiger partial charge on any atom is -0.391 e. The molecular formula is C9H17NO. The lowest BCUT2D eigenvalue weighted by atomic mass is 10.0. The summed E-state index contributed by atoms with van der Waals surface area (Å²) in [5.41, 5.74) is 0.338. The number of hydrogen-bond acceptors (Lipinski definition) is 2. The summed E-state index contributed by atoms with van der Waals surface area (Å²) >= 11 is 0. The number of aliphatic hydroxyl groups is 1. The Morgan fingerprint density at radius 2 is 2.09 bits per heavy atom. The Morgan fingerprint density at radius 3 is 2.36 bits per heavy atom. The number of aliphatic hydroxyl groups excluding tert-OH is 1. The van der Waals surface area contributed by atoms with Crippen molar-refractivity contribution in [1.29, 1.82) is 0 Å². The predicted octanol–water partition coefficient (Wildman–Crippen LogP) is 0.852. The largest absolute Gasteiger partial charge is 0.391 e. The van der Waals surface area contributed by atoms with Crippen LogP contribution in [0.4, 0.5) is 0 Å². The zero-order chi connectivity index (χ0) is 8.06. The van der Waals surface area contributed by atoms with E-state index in [1.807, 2.05) is 0 Å². The molecule has 2 aliphatic rings. The molecule has 1 saturated heterocycles. The molecule has 1 saturated carbocycles. The molecule has 1 N–H and O–H groups in total. The average Bonchev–Trinajstić information content (AvgIpc) is 2.59. The molecule has 2 heteroatoms. The summed E-state index contributed by atoms with van der Waals surface area (Å²) in [6.45, 7) is 6.44. The summed E-state index contributed by atoms with van der Waals surface area (Å²) in [5, 5.41) is 9.70. The predicted molar refractivity (Wildman–Crippen MR) is 44.4 cm³/mol. The highest BCUT2D eigenvalue weighted by atomic mass is 16.3. The van der Waals surface area contributed by atoms with Crippen LogP contribution in [-0.2, 0) is 0 Å². The second kappa shape index (κ2) is 2.20. The third-order valence-electron chi connectivity index (χ3n) is 3.25. The molecular weight excluding hydrogens is 138 g/mol. The van der Waals surface area contributed by atoms with Crippen LogP contribution in [0.2, 0.25) is 0 Å². The number of β-amino-alcohol motifs (C(OH)–C–C–N with tert-alkyl or cyclic N) is 1. The van der Waals surface area contributed by atoms with Crippen molar-refractivity contribution in [3.63, 3.8) is 0 Å². The fraction of sp³-hybridized carbons (Fsp3) is 1.00. The summed E-state index contributed by atoms with van der Waals surface area (Å²) in [7, 11) is 0. The summed E-state index contributed by atoms with van der Waals surface area (Å²) in [6.07, 6.45) is 2.46. The van der Waals surface area contributed by atoms with Crippen molar-refractivity contribution in [3.05, 3.63) is 0 Å². The fourth-order valence-corrected chi connectivity index (χ4v) is 2.04. The number of likely N-dealkylation sites (tertiary alicyclic amines) is 1. The third kappa shape index (κ3) is 1.09. The molecule has 2 nitrogen and oxygen atoms in total. The monoisotopic (exact) mass is 155 g/mol. The quantitative estimate of drug-likeness (QED) is 0.607. The first kappa shape index (κ1) is 7.56. The molecule has 11 heavy (non-hydrogen) atoms. The molecule has 1 heterocycles. The molecule has 2 fully saturated rings. The van der Waals surface area contributed by atoms with E-state index in [-0.39, 0.29) is 6.10 Å². The summed E-state index contributed by atoms with van der Waals surface area (Å²) in [6, 6.07) is 0.602. The van der Waals surface area contributed by atoms with Crippen LogP contribution in [-0.4, -0.2) is 35.2 Å². The van der Waals surface area contributed by atoms with E-state index < -0.39 is 0 Å². The van der Waals surface area contributed by atoms with Crippen LogP contribution in [0, 0.1) is 5.41 Å². The molecule has 2 rings (SSSR count). The highest BCUT2D eigenvalue weighted by molar-refractivity contribution is 5.06. The SMILES string of the molecule is CC(C)N1CC(O)C2(CC2)C1. The van der Waals surface area contributed by atoms with Crippen molar-refractivity contribution in [2.45, 2.75) is 38.8 Å². The van der Waals surface area contributed by atoms with E-state index in [1.54, 1.807) is 0 Å². The third-order valence-corrected chi connectivity index (χ3v) is 3.25. The van der Waals surface area contributed by atoms with Gasteiger partial charge in [-0.2, -0.15) is 0 Å². The van der Waals surface area contributed by atoms with Crippen molar-refractivity contribution in [1.82, 2.24) is 4.90 Å². The summed E-state index contributed by atoms with van der Waals surface area (Å²) in [4.78, 5) is 2.39. The summed E-state index contributed by atoms with van der Waals surface area (Å²) in [5.74, 6) is 0. The molecule has 0 bridgehead atoms. The minimum absolute atomic E-state index is 0.0371. The van der Waals surface area contributed by atoms with Gasteiger partial charge in [0.1, 0.15) is 0 Å². The molecule has 1 atom stereocenters. The van der Waals surface area contributed by atoms with Gasteiger partial charge in [0, 0.05) is 24.5 Å². The molecule has 0 aromatic carbocycles. The lowest BCUT2D eigenvalue weighted by molar-refractivity contribution is 0.129. The van der Waals surface area contributed by atoms with Gasteiger partial charge in [0.2, 0.25) is 0 Å². The highest BCUT2D eigenvalue weighted by Crippen LogP contribution is 2.52.